The van der Waals surface area contributed by atoms with Crippen molar-refractivity contribution in [3.63, 3.8) is 0 Å². The minimum absolute atomic E-state index is 0.0882. The van der Waals surface area contributed by atoms with Crippen molar-refractivity contribution in [2.75, 3.05) is 5.32 Å². The number of nitrogens with one attached hydrogen (secondary N) is 2. The lowest BCUT2D eigenvalue weighted by Gasteiger charge is -2.07. The van der Waals surface area contributed by atoms with Gasteiger partial charge in [0.2, 0.25) is 0 Å². The van der Waals surface area contributed by atoms with Gasteiger partial charge in [0.1, 0.15) is 11.6 Å². The van der Waals surface area contributed by atoms with Crippen molar-refractivity contribution >= 4 is 40.6 Å². The molecule has 1 aromatic carbocycles. The molecule has 98 valence electrons. The first-order valence-electron chi connectivity index (χ1n) is 5.24. The number of thiocarbonyl (C=S) groups is 1. The Bertz CT molecular complexity index is 597. The summed E-state index contributed by atoms with van der Waals surface area (Å²) in [5.74, 6) is -1.36. The largest absolute Gasteiger partial charge is 0.329 e. The molecule has 0 bridgehead atoms. The van der Waals surface area contributed by atoms with E-state index in [0.717, 1.165) is 17.0 Å². The van der Waals surface area contributed by atoms with Gasteiger partial charge in [0, 0.05) is 10.9 Å². The highest BCUT2D eigenvalue weighted by atomic mass is 32.1. The molecule has 0 fully saturated rings. The van der Waals surface area contributed by atoms with Crippen molar-refractivity contribution in [1.82, 2.24) is 5.43 Å². The number of anilines is 1. The first-order chi connectivity index (χ1) is 9.15. The minimum Gasteiger partial charge on any atom is -0.329 e. The lowest BCUT2D eigenvalue weighted by Crippen LogP contribution is -2.24. The molecule has 0 unspecified atom stereocenters. The fourth-order valence-electron chi connectivity index (χ4n) is 1.26. The van der Waals surface area contributed by atoms with E-state index in [4.69, 9.17) is 12.2 Å². The van der Waals surface area contributed by atoms with Gasteiger partial charge in [-0.05, 0) is 35.8 Å². The Hall–Kier alpha value is -1.86. The van der Waals surface area contributed by atoms with Crippen LogP contribution in [-0.2, 0) is 0 Å². The van der Waals surface area contributed by atoms with Gasteiger partial charge in [-0.1, -0.05) is 6.07 Å². The number of hydrogen-bond acceptors (Lipinski definition) is 3. The predicted octanol–water partition coefficient (Wildman–Crippen LogP) is 3.35. The maximum Gasteiger partial charge on any atom is 0.191 e. The topological polar surface area (TPSA) is 36.4 Å². The van der Waals surface area contributed by atoms with Gasteiger partial charge < -0.3 is 5.32 Å². The Morgan fingerprint density at radius 1 is 1.32 bits per heavy atom. The Balaban J connectivity index is 1.91. The van der Waals surface area contributed by atoms with Crippen LogP contribution in [0.3, 0.4) is 0 Å². The van der Waals surface area contributed by atoms with E-state index in [1.54, 1.807) is 6.21 Å². The van der Waals surface area contributed by atoms with Gasteiger partial charge in [-0.25, -0.2) is 8.78 Å². The number of hydrogen-bond donors (Lipinski definition) is 2. The number of hydrazone groups is 1. The first-order valence-corrected chi connectivity index (χ1v) is 6.52. The number of thiophene rings is 1. The number of benzene rings is 1. The molecular formula is C12H9F2N3S2. The van der Waals surface area contributed by atoms with E-state index in [1.165, 1.54) is 17.4 Å². The van der Waals surface area contributed by atoms with Crippen LogP contribution >= 0.6 is 23.6 Å². The Labute approximate surface area is 118 Å². The molecule has 0 atom stereocenters. The summed E-state index contributed by atoms with van der Waals surface area (Å²) in [4.78, 5) is 0.961. The van der Waals surface area contributed by atoms with Crippen LogP contribution in [0.15, 0.2) is 40.8 Å². The van der Waals surface area contributed by atoms with Gasteiger partial charge in [-0.3, -0.25) is 5.43 Å². The smallest absolute Gasteiger partial charge is 0.191 e. The zero-order valence-electron chi connectivity index (χ0n) is 9.56. The van der Waals surface area contributed by atoms with Crippen molar-refractivity contribution in [2.24, 2.45) is 5.10 Å². The van der Waals surface area contributed by atoms with E-state index in [1.807, 2.05) is 17.5 Å². The van der Waals surface area contributed by atoms with Crippen molar-refractivity contribution in [3.05, 3.63) is 52.2 Å². The molecule has 0 aliphatic rings. The summed E-state index contributed by atoms with van der Waals surface area (Å²) in [5.41, 5.74) is 2.64. The highest BCUT2D eigenvalue weighted by molar-refractivity contribution is 7.80. The standard InChI is InChI=1S/C12H9F2N3S2/c13-8-3-4-11(10(14)6-8)16-12(18)17-15-7-9-2-1-5-19-9/h1-7H,(H2,16,17,18)/b15-7-. The quantitative estimate of drug-likeness (QED) is 0.518. The normalized spacial score (nSPS) is 10.6. The van der Waals surface area contributed by atoms with E-state index in [-0.39, 0.29) is 10.8 Å². The second-order valence-electron chi connectivity index (χ2n) is 3.46. The van der Waals surface area contributed by atoms with Crippen LogP contribution in [0.5, 0.6) is 0 Å². The molecule has 0 amide bonds. The van der Waals surface area contributed by atoms with Gasteiger partial charge in [0.25, 0.3) is 0 Å². The molecule has 19 heavy (non-hydrogen) atoms. The fourth-order valence-corrected chi connectivity index (χ4v) is 2.01. The molecule has 0 radical (unpaired) electrons. The average Bonchev–Trinajstić information content (AvgIpc) is 2.86. The van der Waals surface area contributed by atoms with Gasteiger partial charge in [0.15, 0.2) is 5.11 Å². The zero-order chi connectivity index (χ0) is 13.7. The molecular weight excluding hydrogens is 288 g/mol. The summed E-state index contributed by atoms with van der Waals surface area (Å²) in [6.45, 7) is 0. The molecule has 2 rings (SSSR count). The maximum absolute atomic E-state index is 13.3. The molecule has 2 aromatic rings. The SMILES string of the molecule is Fc1ccc(NC(=S)N/N=C\c2cccs2)c(F)c1. The van der Waals surface area contributed by atoms with Crippen molar-refractivity contribution < 1.29 is 8.78 Å². The summed E-state index contributed by atoms with van der Waals surface area (Å²) < 4.78 is 26.0. The molecule has 3 nitrogen and oxygen atoms in total. The number of rotatable bonds is 3. The lowest BCUT2D eigenvalue weighted by atomic mass is 10.3. The van der Waals surface area contributed by atoms with Crippen LogP contribution in [0.25, 0.3) is 0 Å². The Kier molecular flexibility index (Phi) is 4.53. The van der Waals surface area contributed by atoms with Crippen molar-refractivity contribution in [2.45, 2.75) is 0 Å². The Morgan fingerprint density at radius 3 is 2.84 bits per heavy atom. The molecule has 1 aromatic heterocycles. The van der Waals surface area contributed by atoms with E-state index in [2.05, 4.69) is 15.8 Å². The van der Waals surface area contributed by atoms with Crippen LogP contribution in [0.4, 0.5) is 14.5 Å². The predicted molar refractivity (Wildman–Crippen MR) is 77.6 cm³/mol. The number of nitrogens with zero attached hydrogens (tertiary/aromatic N) is 1. The number of halogens is 2. The van der Waals surface area contributed by atoms with Crippen LogP contribution < -0.4 is 10.7 Å². The third-order valence-corrected chi connectivity index (χ3v) is 3.08. The third-order valence-electron chi connectivity index (χ3n) is 2.08. The molecule has 7 heteroatoms. The van der Waals surface area contributed by atoms with Crippen molar-refractivity contribution in [1.29, 1.82) is 0 Å². The van der Waals surface area contributed by atoms with E-state index >= 15 is 0 Å². The minimum atomic E-state index is -0.716. The molecule has 1 heterocycles. The van der Waals surface area contributed by atoms with Gasteiger partial charge >= 0.3 is 0 Å². The van der Waals surface area contributed by atoms with E-state index in [0.29, 0.717) is 0 Å². The molecule has 2 N–H and O–H groups in total. The highest BCUT2D eigenvalue weighted by Gasteiger charge is 2.04. The average molecular weight is 297 g/mol. The summed E-state index contributed by atoms with van der Waals surface area (Å²) in [6, 6.07) is 6.98. The summed E-state index contributed by atoms with van der Waals surface area (Å²) in [5, 5.41) is 8.52. The van der Waals surface area contributed by atoms with E-state index < -0.39 is 11.6 Å². The maximum atomic E-state index is 13.3. The molecule has 0 saturated carbocycles. The third kappa shape index (κ3) is 4.08. The van der Waals surface area contributed by atoms with Crippen LogP contribution in [0.2, 0.25) is 0 Å². The molecule has 0 aliphatic heterocycles. The van der Waals surface area contributed by atoms with Gasteiger partial charge in [0.05, 0.1) is 11.9 Å². The summed E-state index contributed by atoms with van der Waals surface area (Å²) in [6.07, 6.45) is 1.60. The lowest BCUT2D eigenvalue weighted by molar-refractivity contribution is 0.586. The summed E-state index contributed by atoms with van der Waals surface area (Å²) in [7, 11) is 0. The summed E-state index contributed by atoms with van der Waals surface area (Å²) >= 11 is 6.46. The Morgan fingerprint density at radius 2 is 2.16 bits per heavy atom. The monoisotopic (exact) mass is 297 g/mol. The fraction of sp³-hybridized carbons (Fsp3) is 0. The highest BCUT2D eigenvalue weighted by Crippen LogP contribution is 2.14. The molecule has 0 saturated heterocycles. The first kappa shape index (κ1) is 13.6. The van der Waals surface area contributed by atoms with Crippen LogP contribution in [0, 0.1) is 11.6 Å². The van der Waals surface area contributed by atoms with Crippen LogP contribution in [-0.4, -0.2) is 11.3 Å². The van der Waals surface area contributed by atoms with E-state index in [9.17, 15) is 8.78 Å². The zero-order valence-corrected chi connectivity index (χ0v) is 11.2. The van der Waals surface area contributed by atoms with Gasteiger partial charge in [-0.15, -0.1) is 11.3 Å². The second-order valence-corrected chi connectivity index (χ2v) is 4.85. The van der Waals surface area contributed by atoms with Crippen molar-refractivity contribution in [3.8, 4) is 0 Å². The molecule has 0 spiro atoms. The second kappa shape index (κ2) is 6.35. The van der Waals surface area contributed by atoms with Gasteiger partial charge in [-0.2, -0.15) is 5.10 Å². The van der Waals surface area contributed by atoms with Crippen LogP contribution in [0.1, 0.15) is 4.88 Å². The molecule has 0 aliphatic carbocycles.